The number of carbonyl (C=O) groups is 4. The molecule has 3 N–H and O–H groups in total. The molecule has 0 spiro atoms. The Bertz CT molecular complexity index is 2080. The Morgan fingerprint density at radius 1 is 1.09 bits per heavy atom. The van der Waals surface area contributed by atoms with Gasteiger partial charge in [-0.15, -0.1) is 0 Å². The number of nitrogens with zero attached hydrogens (tertiary/aromatic N) is 3. The number of pyridine rings is 1. The van der Waals surface area contributed by atoms with E-state index < -0.39 is 56.2 Å². The normalized spacial score (nSPS) is 28.8. The molecule has 0 bridgehead atoms. The molecule has 4 fully saturated rings. The van der Waals surface area contributed by atoms with E-state index in [2.05, 4.69) is 29.2 Å². The van der Waals surface area contributed by atoms with E-state index >= 15 is 0 Å². The lowest BCUT2D eigenvalue weighted by atomic mass is 9.84. The maximum atomic E-state index is 14.7. The monoisotopic (exact) mass is 822 g/mol. The Morgan fingerprint density at radius 2 is 1.84 bits per heavy atom. The van der Waals surface area contributed by atoms with Crippen LogP contribution in [0.4, 0.5) is 4.79 Å². The summed E-state index contributed by atoms with van der Waals surface area (Å²) in [5, 5.41) is 6.18. The standard InChI is InChI=1S/C42H58N6O9S/c1-26(2)56-35-19-34(31-15-16-33(55-6)27(3)36(31)43-35)57-29-18-32-37(50)44-42(38(51)46-58(53,54)30-13-14-30)20-28(42)12-10-8-7-9-11-17-41(25-49,24-47(32)21-29)45-39(52)48-22-40(4,5)23-48/h10,12,15-16,19,25-26,28-30,32H,7-9,11,13-14,17-18,20-24H2,1-6H3,(H,44,50)(H,45,52)(H,46,51). The van der Waals surface area contributed by atoms with Gasteiger partial charge in [0.15, 0.2) is 0 Å². The number of hydrogen-bond acceptors (Lipinski definition) is 11. The van der Waals surface area contributed by atoms with E-state index in [0.717, 1.165) is 30.1 Å². The van der Waals surface area contributed by atoms with Crippen molar-refractivity contribution in [1.29, 1.82) is 0 Å². The number of hydrogen-bond donors (Lipinski definition) is 3. The van der Waals surface area contributed by atoms with Crippen LogP contribution in [0.15, 0.2) is 30.4 Å². The lowest BCUT2D eigenvalue weighted by molar-refractivity contribution is -0.132. The molecule has 316 valence electrons. The number of carbonyl (C=O) groups excluding carboxylic acids is 4. The first kappa shape index (κ1) is 41.7. The summed E-state index contributed by atoms with van der Waals surface area (Å²) in [6.07, 6.45) is 8.63. The fourth-order valence-electron chi connectivity index (χ4n) is 8.75. The van der Waals surface area contributed by atoms with Crippen LogP contribution >= 0.6 is 0 Å². The summed E-state index contributed by atoms with van der Waals surface area (Å²) in [5.41, 5.74) is -1.37. The number of aryl methyl sites for hydroxylation is 1. The molecule has 1 aromatic carbocycles. The molecule has 0 radical (unpaired) electrons. The van der Waals surface area contributed by atoms with Crippen LogP contribution in [0.1, 0.15) is 91.0 Å². The largest absolute Gasteiger partial charge is 0.496 e. The molecule has 2 saturated heterocycles. The van der Waals surface area contributed by atoms with E-state index in [4.69, 9.17) is 19.2 Å². The molecular formula is C42H58N6O9S. The summed E-state index contributed by atoms with van der Waals surface area (Å²) >= 11 is 0. The second kappa shape index (κ2) is 16.0. The van der Waals surface area contributed by atoms with Gasteiger partial charge in [-0.25, -0.2) is 18.2 Å². The Labute approximate surface area is 341 Å². The zero-order chi connectivity index (χ0) is 41.6. The van der Waals surface area contributed by atoms with Gasteiger partial charge in [-0.05, 0) is 71.4 Å². The van der Waals surface area contributed by atoms with Crippen LogP contribution in [0.2, 0.25) is 0 Å². The molecule has 1 aromatic heterocycles. The molecule has 2 aromatic rings. The predicted octanol–water partition coefficient (Wildman–Crippen LogP) is 4.15. The number of likely N-dealkylation sites (tertiary alicyclic amines) is 1. The molecule has 4 amide bonds. The Kier molecular flexibility index (Phi) is 11.5. The number of rotatable bonds is 10. The first-order valence-electron chi connectivity index (χ1n) is 20.6. The van der Waals surface area contributed by atoms with Gasteiger partial charge in [0.25, 0.3) is 5.91 Å². The van der Waals surface area contributed by atoms with Gasteiger partial charge in [0.1, 0.15) is 35.0 Å². The summed E-state index contributed by atoms with van der Waals surface area (Å²) in [7, 11) is -2.29. The van der Waals surface area contributed by atoms with E-state index in [1.54, 1.807) is 18.1 Å². The minimum atomic E-state index is -3.88. The molecule has 4 heterocycles. The van der Waals surface area contributed by atoms with Crippen LogP contribution in [0, 0.1) is 18.3 Å². The summed E-state index contributed by atoms with van der Waals surface area (Å²) < 4.78 is 46.5. The molecule has 3 aliphatic heterocycles. The van der Waals surface area contributed by atoms with Crippen LogP contribution in [-0.2, 0) is 24.4 Å². The summed E-state index contributed by atoms with van der Waals surface area (Å²) in [5.74, 6) is -0.129. The van der Waals surface area contributed by atoms with Gasteiger partial charge < -0.3 is 34.5 Å². The van der Waals surface area contributed by atoms with E-state index in [9.17, 15) is 27.6 Å². The third-order valence-electron chi connectivity index (χ3n) is 12.1. The summed E-state index contributed by atoms with van der Waals surface area (Å²) in [6.45, 7) is 11.2. The number of urea groups is 1. The van der Waals surface area contributed by atoms with Gasteiger partial charge in [-0.1, -0.05) is 38.8 Å². The van der Waals surface area contributed by atoms with Crippen LogP contribution < -0.4 is 29.6 Å². The summed E-state index contributed by atoms with van der Waals surface area (Å²) in [6, 6.07) is 4.21. The van der Waals surface area contributed by atoms with Crippen molar-refractivity contribution < 1.29 is 41.8 Å². The maximum absolute atomic E-state index is 14.7. The smallest absolute Gasteiger partial charge is 0.318 e. The molecular weight excluding hydrogens is 765 g/mol. The van der Waals surface area contributed by atoms with E-state index in [1.165, 1.54) is 0 Å². The highest BCUT2D eigenvalue weighted by Gasteiger charge is 2.62. The van der Waals surface area contributed by atoms with Crippen molar-refractivity contribution in [3.8, 4) is 17.4 Å². The molecule has 15 nitrogen and oxygen atoms in total. The molecule has 5 unspecified atom stereocenters. The lowest BCUT2D eigenvalue weighted by Crippen LogP contribution is -2.65. The van der Waals surface area contributed by atoms with Gasteiger partial charge in [0.05, 0.1) is 30.0 Å². The van der Waals surface area contributed by atoms with Crippen molar-refractivity contribution in [3.05, 3.63) is 35.9 Å². The predicted molar refractivity (Wildman–Crippen MR) is 217 cm³/mol. The first-order chi connectivity index (χ1) is 27.5. The highest BCUT2D eigenvalue weighted by molar-refractivity contribution is 7.91. The molecule has 7 rings (SSSR count). The quantitative estimate of drug-likeness (QED) is 0.231. The number of aromatic nitrogens is 1. The third-order valence-corrected chi connectivity index (χ3v) is 13.9. The average molecular weight is 823 g/mol. The number of benzene rings is 1. The van der Waals surface area contributed by atoms with Gasteiger partial charge in [0, 0.05) is 60.9 Å². The molecule has 5 aliphatic rings. The van der Waals surface area contributed by atoms with Crippen molar-refractivity contribution in [2.45, 2.75) is 127 Å². The lowest BCUT2D eigenvalue weighted by Gasteiger charge is -2.47. The number of sulfonamides is 1. The first-order valence-corrected chi connectivity index (χ1v) is 22.2. The second-order valence-electron chi connectivity index (χ2n) is 18.0. The molecule has 2 aliphatic carbocycles. The number of ether oxygens (including phenoxy) is 3. The number of methoxy groups -OCH3 is 1. The topological polar surface area (TPSA) is 186 Å². The van der Waals surface area contributed by atoms with Gasteiger partial charge in [-0.2, -0.15) is 0 Å². The van der Waals surface area contributed by atoms with Crippen LogP contribution in [-0.4, -0.2) is 115 Å². The van der Waals surface area contributed by atoms with Crippen molar-refractivity contribution in [2.75, 3.05) is 33.3 Å². The fourth-order valence-corrected chi connectivity index (χ4v) is 10.1. The van der Waals surface area contributed by atoms with Crippen LogP contribution in [0.3, 0.4) is 0 Å². The van der Waals surface area contributed by atoms with Crippen molar-refractivity contribution >= 4 is 45.1 Å². The third kappa shape index (κ3) is 8.77. The highest BCUT2D eigenvalue weighted by atomic mass is 32.2. The SMILES string of the molecule is COc1ccc2c(OC3CC4C(=O)NC5(C(=O)NS(=O)(=O)C6CC6)CC5C=CCCCCCC(C=O)(NC(=O)N5CC(C)(C)C5)CN4C3)cc(OC(C)C)nc2c1C. The molecule has 5 atom stereocenters. The summed E-state index contributed by atoms with van der Waals surface area (Å²) in [4.78, 5) is 63.8. The second-order valence-corrected chi connectivity index (χ2v) is 20.0. The minimum Gasteiger partial charge on any atom is -0.496 e. The zero-order valence-electron chi connectivity index (χ0n) is 34.5. The van der Waals surface area contributed by atoms with Gasteiger partial charge >= 0.3 is 6.03 Å². The van der Waals surface area contributed by atoms with E-state index in [-0.39, 0.29) is 43.5 Å². The number of aldehydes is 1. The zero-order valence-corrected chi connectivity index (χ0v) is 35.3. The average Bonchev–Trinajstić information content (AvgIpc) is 4.07. The maximum Gasteiger partial charge on any atom is 0.318 e. The van der Waals surface area contributed by atoms with Gasteiger partial charge in [0.2, 0.25) is 21.8 Å². The van der Waals surface area contributed by atoms with Gasteiger partial charge in [-0.3, -0.25) is 19.2 Å². The highest BCUT2D eigenvalue weighted by Crippen LogP contribution is 2.46. The Morgan fingerprint density at radius 3 is 2.52 bits per heavy atom. The minimum absolute atomic E-state index is 0.0173. The van der Waals surface area contributed by atoms with Crippen LogP contribution in [0.5, 0.6) is 17.4 Å². The Balaban J connectivity index is 1.23. The number of fused-ring (bicyclic) bond motifs is 3. The molecule has 2 saturated carbocycles. The Hall–Kier alpha value is -4.44. The fraction of sp³-hybridized carbons (Fsp3) is 0.643. The van der Waals surface area contributed by atoms with Crippen molar-refractivity contribution in [2.24, 2.45) is 11.3 Å². The van der Waals surface area contributed by atoms with Crippen LogP contribution in [0.25, 0.3) is 10.9 Å². The molecule has 58 heavy (non-hydrogen) atoms. The molecule has 16 heteroatoms. The van der Waals surface area contributed by atoms with E-state index in [1.807, 2.05) is 50.0 Å². The number of amides is 4. The number of nitrogens with one attached hydrogen (secondary N) is 3. The van der Waals surface area contributed by atoms with E-state index in [0.29, 0.717) is 68.1 Å². The van der Waals surface area contributed by atoms with Crippen molar-refractivity contribution in [3.63, 3.8) is 0 Å². The number of allylic oxidation sites excluding steroid dienone is 1. The van der Waals surface area contributed by atoms with Crippen molar-refractivity contribution in [1.82, 2.24) is 30.1 Å².